The number of carbonyl (C=O) groups excluding carboxylic acids is 1. The van der Waals surface area contributed by atoms with Crippen LogP contribution in [0.5, 0.6) is 11.6 Å². The summed E-state index contributed by atoms with van der Waals surface area (Å²) in [6, 6.07) is 12.0. The Labute approximate surface area is 208 Å². The molecule has 5 rings (SSSR count). The number of nitrogens with zero attached hydrogens (tertiary/aromatic N) is 3. The fraction of sp³-hybridized carbons (Fsp3) is 0.286. The van der Waals surface area contributed by atoms with E-state index < -0.39 is 5.82 Å². The second-order valence-electron chi connectivity index (χ2n) is 9.24. The van der Waals surface area contributed by atoms with Crippen LogP contribution >= 0.6 is 0 Å². The van der Waals surface area contributed by atoms with E-state index in [9.17, 15) is 9.18 Å². The smallest absolute Gasteiger partial charge is 0.228 e. The van der Waals surface area contributed by atoms with Gasteiger partial charge in [0.2, 0.25) is 17.7 Å². The van der Waals surface area contributed by atoms with Gasteiger partial charge in [-0.25, -0.2) is 19.3 Å². The van der Waals surface area contributed by atoms with Crippen molar-refractivity contribution in [2.45, 2.75) is 45.4 Å². The van der Waals surface area contributed by atoms with E-state index >= 15 is 0 Å². The molecule has 0 unspecified atom stereocenters. The number of nitrogens with one attached hydrogen (secondary N) is 1. The molecule has 2 heterocycles. The van der Waals surface area contributed by atoms with Gasteiger partial charge in [0.25, 0.3) is 0 Å². The molecule has 2 aromatic carbocycles. The van der Waals surface area contributed by atoms with Crippen LogP contribution in [-0.2, 0) is 4.79 Å². The molecule has 2 aromatic heterocycles. The quantitative estimate of drug-likeness (QED) is 0.327. The van der Waals surface area contributed by atoms with Crippen LogP contribution in [-0.4, -0.2) is 20.9 Å². The van der Waals surface area contributed by atoms with Gasteiger partial charge in [-0.15, -0.1) is 0 Å². The summed E-state index contributed by atoms with van der Waals surface area (Å²) in [5.41, 5.74) is 8.00. The Bertz CT molecular complexity index is 1420. The zero-order valence-electron chi connectivity index (χ0n) is 20.1. The Morgan fingerprint density at radius 3 is 2.67 bits per heavy atom. The molecule has 7 nitrogen and oxygen atoms in total. The summed E-state index contributed by atoms with van der Waals surface area (Å²) >= 11 is 0. The van der Waals surface area contributed by atoms with Crippen molar-refractivity contribution in [3.63, 3.8) is 0 Å². The van der Waals surface area contributed by atoms with Gasteiger partial charge in [0.05, 0.1) is 16.9 Å². The van der Waals surface area contributed by atoms with E-state index in [1.165, 1.54) is 12.5 Å². The number of aryl methyl sites for hydroxylation is 1. The van der Waals surface area contributed by atoms with Gasteiger partial charge in [-0.3, -0.25) is 4.79 Å². The molecular weight excluding hydrogens is 457 g/mol. The summed E-state index contributed by atoms with van der Waals surface area (Å²) < 4.78 is 21.3. The maximum atomic E-state index is 14.9. The van der Waals surface area contributed by atoms with Crippen LogP contribution in [0, 0.1) is 18.7 Å². The highest BCUT2D eigenvalue weighted by molar-refractivity contribution is 6.04. The highest BCUT2D eigenvalue weighted by Gasteiger charge is 2.21. The second-order valence-corrected chi connectivity index (χ2v) is 9.24. The topological polar surface area (TPSA) is 103 Å². The highest BCUT2D eigenvalue weighted by Crippen LogP contribution is 2.39. The first-order valence-corrected chi connectivity index (χ1v) is 12.2. The lowest BCUT2D eigenvalue weighted by atomic mass is 9.87. The number of fused-ring (bicyclic) bond motifs is 1. The van der Waals surface area contributed by atoms with Gasteiger partial charge in [0, 0.05) is 29.6 Å². The third kappa shape index (κ3) is 4.98. The lowest BCUT2D eigenvalue weighted by molar-refractivity contribution is -0.117. The highest BCUT2D eigenvalue weighted by atomic mass is 19.1. The summed E-state index contributed by atoms with van der Waals surface area (Å²) in [5.74, 6) is 0.716. The zero-order valence-corrected chi connectivity index (χ0v) is 20.1. The third-order valence-electron chi connectivity index (χ3n) is 6.68. The van der Waals surface area contributed by atoms with Crippen LogP contribution in [0.3, 0.4) is 0 Å². The minimum atomic E-state index is -0.482. The summed E-state index contributed by atoms with van der Waals surface area (Å²) in [5, 5.41) is 4.07. The van der Waals surface area contributed by atoms with Crippen LogP contribution in [0.1, 0.15) is 44.1 Å². The molecule has 184 valence electrons. The van der Waals surface area contributed by atoms with Crippen LogP contribution in [0.15, 0.2) is 54.9 Å². The molecule has 0 spiro atoms. The molecule has 0 bridgehead atoms. The van der Waals surface area contributed by atoms with Gasteiger partial charge in [0.1, 0.15) is 11.6 Å². The fourth-order valence-corrected chi connectivity index (χ4v) is 4.85. The van der Waals surface area contributed by atoms with Crippen molar-refractivity contribution in [1.29, 1.82) is 0 Å². The average molecular weight is 486 g/mol. The first kappa shape index (κ1) is 23.7. The molecule has 1 saturated carbocycles. The van der Waals surface area contributed by atoms with E-state index in [1.54, 1.807) is 36.7 Å². The molecule has 1 aliphatic rings. The lowest BCUT2D eigenvalue weighted by Crippen LogP contribution is -2.19. The largest absolute Gasteiger partial charge is 0.437 e. The Morgan fingerprint density at radius 2 is 1.86 bits per heavy atom. The molecule has 8 heteroatoms. The number of anilines is 2. The number of carbonyl (C=O) groups is 1. The van der Waals surface area contributed by atoms with Crippen LogP contribution in [0.25, 0.3) is 22.0 Å². The number of aromatic nitrogens is 3. The predicted molar refractivity (Wildman–Crippen MR) is 138 cm³/mol. The Morgan fingerprint density at radius 1 is 1.06 bits per heavy atom. The normalized spacial score (nSPS) is 14.1. The SMILES string of the molecule is Cc1ccc2c(NC(=O)CC3CCCCC3)c(F)ccc2c1Oc1ncccc1-c1ccnc(N)n1. The summed E-state index contributed by atoms with van der Waals surface area (Å²) in [6.07, 6.45) is 9.23. The molecule has 1 aliphatic carbocycles. The second kappa shape index (κ2) is 10.3. The number of nitrogen functional groups attached to an aromatic ring is 1. The zero-order chi connectivity index (χ0) is 25.1. The minimum Gasteiger partial charge on any atom is -0.437 e. The Kier molecular flexibility index (Phi) is 6.75. The molecule has 1 fully saturated rings. The first-order valence-electron chi connectivity index (χ1n) is 12.2. The molecule has 36 heavy (non-hydrogen) atoms. The van der Waals surface area contributed by atoms with E-state index in [0.29, 0.717) is 46.0 Å². The van der Waals surface area contributed by atoms with Crippen molar-refractivity contribution in [2.75, 3.05) is 11.1 Å². The number of amides is 1. The van der Waals surface area contributed by atoms with Gasteiger partial charge in [-0.2, -0.15) is 0 Å². The molecule has 3 N–H and O–H groups in total. The van der Waals surface area contributed by atoms with Crippen molar-refractivity contribution in [2.24, 2.45) is 5.92 Å². The average Bonchev–Trinajstić information content (AvgIpc) is 2.88. The summed E-state index contributed by atoms with van der Waals surface area (Å²) in [4.78, 5) is 25.5. The van der Waals surface area contributed by atoms with Gasteiger partial charge in [-0.05, 0) is 61.6 Å². The monoisotopic (exact) mass is 485 g/mol. The van der Waals surface area contributed by atoms with E-state index in [1.807, 2.05) is 19.1 Å². The van der Waals surface area contributed by atoms with Crippen LogP contribution < -0.4 is 15.8 Å². The van der Waals surface area contributed by atoms with Crippen LogP contribution in [0.2, 0.25) is 0 Å². The molecule has 0 saturated heterocycles. The Balaban J connectivity index is 1.50. The number of nitrogens with two attached hydrogens (primary N) is 1. The van der Waals surface area contributed by atoms with Crippen molar-refractivity contribution < 1.29 is 13.9 Å². The number of hydrogen-bond donors (Lipinski definition) is 2. The van der Waals surface area contributed by atoms with Crippen molar-refractivity contribution in [3.8, 4) is 22.9 Å². The van der Waals surface area contributed by atoms with Crippen LogP contribution in [0.4, 0.5) is 16.0 Å². The van der Waals surface area contributed by atoms with E-state index in [2.05, 4.69) is 20.3 Å². The minimum absolute atomic E-state index is 0.146. The molecule has 4 aromatic rings. The third-order valence-corrected chi connectivity index (χ3v) is 6.68. The van der Waals surface area contributed by atoms with Crippen molar-refractivity contribution in [3.05, 3.63) is 66.2 Å². The summed E-state index contributed by atoms with van der Waals surface area (Å²) in [6.45, 7) is 1.91. The van der Waals surface area contributed by atoms with E-state index in [0.717, 1.165) is 31.2 Å². The number of benzene rings is 2. The maximum Gasteiger partial charge on any atom is 0.228 e. The number of pyridine rings is 1. The first-order chi connectivity index (χ1) is 17.5. The number of hydrogen-bond acceptors (Lipinski definition) is 6. The molecule has 0 radical (unpaired) electrons. The van der Waals surface area contributed by atoms with Crippen molar-refractivity contribution >= 4 is 28.3 Å². The predicted octanol–water partition coefficient (Wildman–Crippen LogP) is 6.42. The molecule has 0 atom stereocenters. The number of halogens is 1. The van der Waals surface area contributed by atoms with Crippen molar-refractivity contribution in [1.82, 2.24) is 15.0 Å². The molecule has 1 amide bonds. The van der Waals surface area contributed by atoms with Gasteiger partial charge < -0.3 is 15.8 Å². The number of ether oxygens (including phenoxy) is 1. The van der Waals surface area contributed by atoms with E-state index in [4.69, 9.17) is 10.5 Å². The van der Waals surface area contributed by atoms with E-state index in [-0.39, 0.29) is 17.5 Å². The fourth-order valence-electron chi connectivity index (χ4n) is 4.85. The van der Waals surface area contributed by atoms with Gasteiger partial charge >= 0.3 is 0 Å². The standard InChI is InChI=1S/C28H28FN5O2/c1-17-9-10-19-20(11-12-22(29)25(19)34-24(35)16-18-6-3-2-4-7-18)26(17)36-27-21(8-5-14-31-27)23-13-15-32-28(30)33-23/h5,8-15,18H,2-4,6-7,16H2,1H3,(H,34,35)(H2,30,32,33). The summed E-state index contributed by atoms with van der Waals surface area (Å²) in [7, 11) is 0. The number of rotatable bonds is 6. The lowest BCUT2D eigenvalue weighted by Gasteiger charge is -2.21. The Hall–Kier alpha value is -4.07. The maximum absolute atomic E-state index is 14.9. The molecular formula is C28H28FN5O2. The molecule has 0 aliphatic heterocycles. The van der Waals surface area contributed by atoms with Gasteiger partial charge in [-0.1, -0.05) is 31.4 Å². The van der Waals surface area contributed by atoms with Gasteiger partial charge in [0.15, 0.2) is 0 Å².